The molecule has 0 bridgehead atoms. The molecule has 0 amide bonds. The molecule has 1 atom stereocenters. The smallest absolute Gasteiger partial charge is 0.203 e. The molecule has 19 heavy (non-hydrogen) atoms. The number of carbonyl (C=O) groups is 1. The number of ketones is 1. The van der Waals surface area contributed by atoms with Gasteiger partial charge in [0.05, 0.1) is 5.02 Å². The third-order valence-electron chi connectivity index (χ3n) is 2.62. The SMILES string of the molecule is C[C@H](Oc1ccccc1Cl)C(=O)c1cccc(Cl)c1. The predicted octanol–water partition coefficient (Wildman–Crippen LogP) is 4.64. The van der Waals surface area contributed by atoms with Crippen molar-refractivity contribution < 1.29 is 9.53 Å². The molecule has 0 unspecified atom stereocenters. The molecule has 98 valence electrons. The van der Waals surface area contributed by atoms with Crippen LogP contribution in [0.1, 0.15) is 17.3 Å². The molecule has 2 nitrogen and oxygen atoms in total. The van der Waals surface area contributed by atoms with Gasteiger partial charge in [-0.25, -0.2) is 0 Å². The van der Waals surface area contributed by atoms with Crippen LogP contribution in [0.5, 0.6) is 5.75 Å². The van der Waals surface area contributed by atoms with Crippen molar-refractivity contribution >= 4 is 29.0 Å². The summed E-state index contributed by atoms with van der Waals surface area (Å²) < 4.78 is 5.58. The second-order valence-corrected chi connectivity index (χ2v) is 4.91. The fraction of sp³-hybridized carbons (Fsp3) is 0.133. The highest BCUT2D eigenvalue weighted by molar-refractivity contribution is 6.32. The zero-order valence-corrected chi connectivity index (χ0v) is 11.8. The Kier molecular flexibility index (Phi) is 4.46. The van der Waals surface area contributed by atoms with E-state index in [0.29, 0.717) is 21.4 Å². The van der Waals surface area contributed by atoms with Crippen LogP contribution >= 0.6 is 23.2 Å². The average molecular weight is 295 g/mol. The molecule has 0 N–H and O–H groups in total. The van der Waals surface area contributed by atoms with E-state index in [-0.39, 0.29) is 5.78 Å². The molecule has 0 heterocycles. The fourth-order valence-corrected chi connectivity index (χ4v) is 2.03. The molecule has 2 rings (SSSR count). The van der Waals surface area contributed by atoms with E-state index >= 15 is 0 Å². The Morgan fingerprint density at radius 1 is 1.11 bits per heavy atom. The summed E-state index contributed by atoms with van der Waals surface area (Å²) in [7, 11) is 0. The molecule has 4 heteroatoms. The average Bonchev–Trinajstić information content (AvgIpc) is 2.40. The van der Waals surface area contributed by atoms with Crippen LogP contribution in [0.25, 0.3) is 0 Å². The van der Waals surface area contributed by atoms with Gasteiger partial charge in [-0.2, -0.15) is 0 Å². The Morgan fingerprint density at radius 2 is 1.84 bits per heavy atom. The van der Waals surface area contributed by atoms with Crippen molar-refractivity contribution in [1.29, 1.82) is 0 Å². The van der Waals surface area contributed by atoms with Crippen molar-refractivity contribution in [2.75, 3.05) is 0 Å². The third-order valence-corrected chi connectivity index (χ3v) is 3.17. The molecule has 2 aromatic carbocycles. The normalized spacial score (nSPS) is 11.9. The molecule has 2 aromatic rings. The zero-order valence-electron chi connectivity index (χ0n) is 10.3. The van der Waals surface area contributed by atoms with E-state index in [9.17, 15) is 4.79 Å². The van der Waals surface area contributed by atoms with Crippen LogP contribution in [0.3, 0.4) is 0 Å². The Hall–Kier alpha value is -1.51. The maximum atomic E-state index is 12.2. The van der Waals surface area contributed by atoms with Crippen molar-refractivity contribution in [1.82, 2.24) is 0 Å². The molecule has 0 saturated heterocycles. The van der Waals surface area contributed by atoms with E-state index in [1.807, 2.05) is 0 Å². The van der Waals surface area contributed by atoms with E-state index in [2.05, 4.69) is 0 Å². The first-order valence-corrected chi connectivity index (χ1v) is 6.54. The lowest BCUT2D eigenvalue weighted by molar-refractivity contribution is 0.0818. The minimum absolute atomic E-state index is 0.137. The number of hydrogen-bond acceptors (Lipinski definition) is 2. The monoisotopic (exact) mass is 294 g/mol. The molecule has 0 aliphatic carbocycles. The zero-order chi connectivity index (χ0) is 13.8. The molecule has 0 aliphatic heterocycles. The summed E-state index contributed by atoms with van der Waals surface area (Å²) in [6.07, 6.45) is -0.627. The highest BCUT2D eigenvalue weighted by atomic mass is 35.5. The van der Waals surface area contributed by atoms with E-state index in [1.54, 1.807) is 55.5 Å². The van der Waals surface area contributed by atoms with E-state index in [4.69, 9.17) is 27.9 Å². The van der Waals surface area contributed by atoms with Gasteiger partial charge in [-0.15, -0.1) is 0 Å². The number of benzene rings is 2. The third kappa shape index (κ3) is 3.49. The van der Waals surface area contributed by atoms with Crippen LogP contribution in [0.4, 0.5) is 0 Å². The van der Waals surface area contributed by atoms with Gasteiger partial charge < -0.3 is 4.74 Å². The van der Waals surface area contributed by atoms with Gasteiger partial charge in [-0.1, -0.05) is 47.5 Å². The largest absolute Gasteiger partial charge is 0.481 e. The Bertz CT molecular complexity index is 596. The number of rotatable bonds is 4. The van der Waals surface area contributed by atoms with Gasteiger partial charge in [-0.3, -0.25) is 4.79 Å². The topological polar surface area (TPSA) is 26.3 Å². The van der Waals surface area contributed by atoms with Gasteiger partial charge in [-0.05, 0) is 31.2 Å². The summed E-state index contributed by atoms with van der Waals surface area (Å²) in [4.78, 5) is 12.2. The summed E-state index contributed by atoms with van der Waals surface area (Å²) in [6, 6.07) is 13.8. The van der Waals surface area contributed by atoms with Crippen molar-refractivity contribution in [3.63, 3.8) is 0 Å². The maximum Gasteiger partial charge on any atom is 0.203 e. The van der Waals surface area contributed by atoms with Gasteiger partial charge in [0, 0.05) is 10.6 Å². The molecule has 0 spiro atoms. The van der Waals surface area contributed by atoms with Gasteiger partial charge in [0.15, 0.2) is 6.10 Å². The van der Waals surface area contributed by atoms with Gasteiger partial charge >= 0.3 is 0 Å². The quantitative estimate of drug-likeness (QED) is 0.768. The first-order valence-electron chi connectivity index (χ1n) is 5.79. The maximum absolute atomic E-state index is 12.2. The first-order chi connectivity index (χ1) is 9.08. The summed E-state index contributed by atoms with van der Waals surface area (Å²) in [5.74, 6) is 0.356. The predicted molar refractivity (Wildman–Crippen MR) is 77.3 cm³/mol. The molecule has 0 radical (unpaired) electrons. The lowest BCUT2D eigenvalue weighted by atomic mass is 10.1. The second-order valence-electron chi connectivity index (χ2n) is 4.07. The number of carbonyl (C=O) groups excluding carboxylic acids is 1. The fourth-order valence-electron chi connectivity index (χ4n) is 1.66. The molecule has 0 fully saturated rings. The minimum Gasteiger partial charge on any atom is -0.481 e. The van der Waals surface area contributed by atoms with E-state index in [0.717, 1.165) is 0 Å². The lowest BCUT2D eigenvalue weighted by Crippen LogP contribution is -2.24. The molecular weight excluding hydrogens is 283 g/mol. The Labute approximate surface area is 121 Å². The van der Waals surface area contributed by atoms with Crippen LogP contribution in [0.2, 0.25) is 10.0 Å². The van der Waals surface area contributed by atoms with Crippen LogP contribution in [0.15, 0.2) is 48.5 Å². The molecule has 0 aliphatic rings. The summed E-state index contributed by atoms with van der Waals surface area (Å²) >= 11 is 11.9. The number of halogens is 2. The second kappa shape index (κ2) is 6.09. The number of para-hydroxylation sites is 1. The summed E-state index contributed by atoms with van der Waals surface area (Å²) in [5, 5.41) is 1.00. The molecule has 0 saturated carbocycles. The highest BCUT2D eigenvalue weighted by Gasteiger charge is 2.18. The Morgan fingerprint density at radius 3 is 2.53 bits per heavy atom. The summed E-state index contributed by atoms with van der Waals surface area (Å²) in [6.45, 7) is 1.69. The molecular formula is C15H12Cl2O2. The number of Topliss-reactive ketones (excluding diaryl/α,β-unsaturated/α-hetero) is 1. The number of ether oxygens (including phenoxy) is 1. The molecule has 0 aromatic heterocycles. The van der Waals surface area contributed by atoms with E-state index < -0.39 is 6.10 Å². The first kappa shape index (κ1) is 13.9. The van der Waals surface area contributed by atoms with Gasteiger partial charge in [0.2, 0.25) is 5.78 Å². The van der Waals surface area contributed by atoms with Crippen LogP contribution in [0, 0.1) is 0 Å². The van der Waals surface area contributed by atoms with Crippen molar-refractivity contribution in [2.24, 2.45) is 0 Å². The standard InChI is InChI=1S/C15H12Cl2O2/c1-10(19-14-8-3-2-7-13(14)17)15(18)11-5-4-6-12(16)9-11/h2-10H,1H3/t10-/m0/s1. The van der Waals surface area contributed by atoms with E-state index in [1.165, 1.54) is 0 Å². The van der Waals surface area contributed by atoms with Crippen LogP contribution in [-0.4, -0.2) is 11.9 Å². The van der Waals surface area contributed by atoms with Gasteiger partial charge in [0.1, 0.15) is 5.75 Å². The van der Waals surface area contributed by atoms with Crippen molar-refractivity contribution in [3.8, 4) is 5.75 Å². The van der Waals surface area contributed by atoms with Crippen molar-refractivity contribution in [2.45, 2.75) is 13.0 Å². The van der Waals surface area contributed by atoms with Crippen LogP contribution < -0.4 is 4.74 Å². The lowest BCUT2D eigenvalue weighted by Gasteiger charge is -2.14. The van der Waals surface area contributed by atoms with Crippen LogP contribution in [-0.2, 0) is 0 Å². The summed E-state index contributed by atoms with van der Waals surface area (Å²) in [5.41, 5.74) is 0.520. The Balaban J connectivity index is 2.14. The minimum atomic E-state index is -0.627. The number of hydrogen-bond donors (Lipinski definition) is 0. The highest BCUT2D eigenvalue weighted by Crippen LogP contribution is 2.25. The van der Waals surface area contributed by atoms with Crippen molar-refractivity contribution in [3.05, 3.63) is 64.1 Å². The van der Waals surface area contributed by atoms with Gasteiger partial charge in [0.25, 0.3) is 0 Å².